The number of rotatable bonds is 1. The fourth-order valence-corrected chi connectivity index (χ4v) is 2.64. The summed E-state index contributed by atoms with van der Waals surface area (Å²) in [6, 6.07) is 0. The predicted molar refractivity (Wildman–Crippen MR) is 55.3 cm³/mol. The molecule has 2 aliphatic heterocycles. The van der Waals surface area contributed by atoms with Crippen LogP contribution in [0.3, 0.4) is 0 Å². The summed E-state index contributed by atoms with van der Waals surface area (Å²) in [4.78, 5) is 17.6. The van der Waals surface area contributed by atoms with E-state index in [1.807, 2.05) is 0 Å². The second-order valence-electron chi connectivity index (χ2n) is 3.24. The van der Waals surface area contributed by atoms with Crippen LogP contribution in [-0.4, -0.2) is 40.7 Å². The van der Waals surface area contributed by atoms with E-state index in [0.29, 0.717) is 18.2 Å². The van der Waals surface area contributed by atoms with Gasteiger partial charge < -0.3 is 0 Å². The molecular weight excluding hydrogens is 208 g/mol. The zero-order valence-corrected chi connectivity index (χ0v) is 8.77. The zero-order valence-electron chi connectivity index (χ0n) is 7.20. The SMILES string of the molecule is O=C1CC(CCl)CN1C1=NCCS1. The highest BCUT2D eigenvalue weighted by Crippen LogP contribution is 2.25. The molecule has 0 radical (unpaired) electrons. The lowest BCUT2D eigenvalue weighted by atomic mass is 10.2. The fraction of sp³-hybridized carbons (Fsp3) is 0.750. The molecule has 2 rings (SSSR count). The van der Waals surface area contributed by atoms with Crippen molar-refractivity contribution in [3.8, 4) is 0 Å². The molecule has 0 N–H and O–H groups in total. The molecule has 72 valence electrons. The van der Waals surface area contributed by atoms with Gasteiger partial charge in [0.15, 0.2) is 5.17 Å². The number of likely N-dealkylation sites (tertiary alicyclic amines) is 1. The summed E-state index contributed by atoms with van der Waals surface area (Å²) in [6.45, 7) is 1.60. The summed E-state index contributed by atoms with van der Waals surface area (Å²) in [5.74, 6) is 2.07. The number of nitrogens with zero attached hydrogens (tertiary/aromatic N) is 2. The molecule has 0 spiro atoms. The average Bonchev–Trinajstić information content (AvgIpc) is 2.72. The average molecular weight is 219 g/mol. The van der Waals surface area contributed by atoms with E-state index in [9.17, 15) is 4.79 Å². The van der Waals surface area contributed by atoms with Gasteiger partial charge in [-0.05, 0) is 5.92 Å². The molecular formula is C8H11ClN2OS. The quantitative estimate of drug-likeness (QED) is 0.620. The molecule has 2 heterocycles. The topological polar surface area (TPSA) is 32.7 Å². The number of hydrogen-bond donors (Lipinski definition) is 0. The molecule has 0 aromatic heterocycles. The smallest absolute Gasteiger partial charge is 0.228 e. The Hall–Kier alpha value is -0.220. The van der Waals surface area contributed by atoms with Crippen molar-refractivity contribution in [2.24, 2.45) is 10.9 Å². The second kappa shape index (κ2) is 3.88. The molecule has 3 nitrogen and oxygen atoms in total. The Morgan fingerprint density at radius 3 is 3.08 bits per heavy atom. The molecule has 13 heavy (non-hydrogen) atoms. The molecule has 0 bridgehead atoms. The predicted octanol–water partition coefficient (Wildman–Crippen LogP) is 1.18. The Labute approximate surface area is 86.5 Å². The van der Waals surface area contributed by atoms with E-state index in [-0.39, 0.29) is 5.91 Å². The van der Waals surface area contributed by atoms with Crippen molar-refractivity contribution < 1.29 is 4.79 Å². The summed E-state index contributed by atoms with van der Waals surface area (Å²) in [7, 11) is 0. The van der Waals surface area contributed by atoms with E-state index in [2.05, 4.69) is 4.99 Å². The highest BCUT2D eigenvalue weighted by molar-refractivity contribution is 8.14. The molecule has 1 saturated heterocycles. The van der Waals surface area contributed by atoms with Gasteiger partial charge in [-0.25, -0.2) is 0 Å². The maximum atomic E-state index is 11.5. The lowest BCUT2D eigenvalue weighted by Gasteiger charge is -2.14. The van der Waals surface area contributed by atoms with Gasteiger partial charge >= 0.3 is 0 Å². The van der Waals surface area contributed by atoms with Crippen molar-refractivity contribution in [3.63, 3.8) is 0 Å². The van der Waals surface area contributed by atoms with Crippen molar-refractivity contribution in [3.05, 3.63) is 0 Å². The number of halogens is 1. The number of amides is 1. The maximum Gasteiger partial charge on any atom is 0.228 e. The highest BCUT2D eigenvalue weighted by Gasteiger charge is 2.32. The normalized spacial score (nSPS) is 28.4. The molecule has 0 saturated carbocycles. The van der Waals surface area contributed by atoms with Gasteiger partial charge in [0, 0.05) is 24.6 Å². The number of thioether (sulfide) groups is 1. The summed E-state index contributed by atoms with van der Waals surface area (Å²) in [5, 5.41) is 0.901. The number of carbonyl (C=O) groups is 1. The van der Waals surface area contributed by atoms with Crippen LogP contribution in [0, 0.1) is 5.92 Å². The molecule has 1 atom stereocenters. The molecule has 1 fully saturated rings. The van der Waals surface area contributed by atoms with Crippen molar-refractivity contribution in [2.75, 3.05) is 24.7 Å². The Kier molecular flexibility index (Phi) is 2.79. The van der Waals surface area contributed by atoms with Crippen LogP contribution in [0.15, 0.2) is 4.99 Å². The summed E-state index contributed by atoms with van der Waals surface area (Å²) >= 11 is 7.39. The van der Waals surface area contributed by atoms with Gasteiger partial charge in [0.05, 0.1) is 6.54 Å². The van der Waals surface area contributed by atoms with Crippen LogP contribution in [0.5, 0.6) is 0 Å². The minimum Gasteiger partial charge on any atom is -0.291 e. The van der Waals surface area contributed by atoms with E-state index in [1.54, 1.807) is 16.7 Å². The van der Waals surface area contributed by atoms with Gasteiger partial charge in [-0.2, -0.15) is 0 Å². The van der Waals surface area contributed by atoms with E-state index in [0.717, 1.165) is 24.0 Å². The van der Waals surface area contributed by atoms with Crippen LogP contribution in [0.2, 0.25) is 0 Å². The standard InChI is InChI=1S/C8H11ClN2OS/c9-4-6-3-7(12)11(5-6)8-10-1-2-13-8/h6H,1-5H2. The Morgan fingerprint density at radius 2 is 2.54 bits per heavy atom. The highest BCUT2D eigenvalue weighted by atomic mass is 35.5. The zero-order chi connectivity index (χ0) is 9.26. The number of amidine groups is 1. The first-order chi connectivity index (χ1) is 6.31. The van der Waals surface area contributed by atoms with Crippen LogP contribution >= 0.6 is 23.4 Å². The molecule has 0 aliphatic carbocycles. The summed E-state index contributed by atoms with van der Waals surface area (Å²) in [6.07, 6.45) is 0.586. The van der Waals surface area contributed by atoms with Gasteiger partial charge in [-0.1, -0.05) is 11.8 Å². The van der Waals surface area contributed by atoms with Gasteiger partial charge in [-0.3, -0.25) is 14.7 Å². The maximum absolute atomic E-state index is 11.5. The van der Waals surface area contributed by atoms with Crippen LogP contribution < -0.4 is 0 Å². The third-order valence-corrected chi connectivity index (χ3v) is 3.65. The Balaban J connectivity index is 2.04. The van der Waals surface area contributed by atoms with Gasteiger partial charge in [0.1, 0.15) is 0 Å². The van der Waals surface area contributed by atoms with Crippen LogP contribution in [0.1, 0.15) is 6.42 Å². The Morgan fingerprint density at radius 1 is 1.69 bits per heavy atom. The monoisotopic (exact) mass is 218 g/mol. The molecule has 0 aromatic rings. The lowest BCUT2D eigenvalue weighted by molar-refractivity contribution is -0.124. The summed E-state index contributed by atoms with van der Waals surface area (Å²) < 4.78 is 0. The first-order valence-corrected chi connectivity index (χ1v) is 5.87. The summed E-state index contributed by atoms with van der Waals surface area (Å²) in [5.41, 5.74) is 0. The van der Waals surface area contributed by atoms with Crippen molar-refractivity contribution in [1.29, 1.82) is 0 Å². The van der Waals surface area contributed by atoms with Gasteiger partial charge in [0.2, 0.25) is 5.91 Å². The number of alkyl halides is 1. The van der Waals surface area contributed by atoms with Crippen LogP contribution in [-0.2, 0) is 4.79 Å². The van der Waals surface area contributed by atoms with E-state index < -0.39 is 0 Å². The number of hydrogen-bond acceptors (Lipinski definition) is 3. The minimum atomic E-state index is 0.179. The first-order valence-electron chi connectivity index (χ1n) is 4.35. The largest absolute Gasteiger partial charge is 0.291 e. The fourth-order valence-electron chi connectivity index (χ4n) is 1.56. The van der Waals surface area contributed by atoms with Gasteiger partial charge in [0.25, 0.3) is 0 Å². The van der Waals surface area contributed by atoms with Crippen molar-refractivity contribution in [2.45, 2.75) is 6.42 Å². The second-order valence-corrected chi connectivity index (χ2v) is 4.61. The molecule has 1 amide bonds. The molecule has 0 aromatic carbocycles. The van der Waals surface area contributed by atoms with Crippen LogP contribution in [0.4, 0.5) is 0 Å². The molecule has 2 aliphatic rings. The van der Waals surface area contributed by atoms with E-state index in [1.165, 1.54) is 0 Å². The van der Waals surface area contributed by atoms with Crippen LogP contribution in [0.25, 0.3) is 0 Å². The van der Waals surface area contributed by atoms with E-state index >= 15 is 0 Å². The number of aliphatic imine (C=N–C) groups is 1. The third-order valence-electron chi connectivity index (χ3n) is 2.22. The third kappa shape index (κ3) is 1.83. The minimum absolute atomic E-state index is 0.179. The lowest BCUT2D eigenvalue weighted by Crippen LogP contribution is -2.29. The van der Waals surface area contributed by atoms with Crippen molar-refractivity contribution in [1.82, 2.24) is 4.90 Å². The first kappa shape index (κ1) is 9.34. The van der Waals surface area contributed by atoms with Crippen molar-refractivity contribution >= 4 is 34.4 Å². The Bertz CT molecular complexity index is 257. The number of carbonyl (C=O) groups excluding carboxylic acids is 1. The molecule has 1 unspecified atom stereocenters. The van der Waals surface area contributed by atoms with Gasteiger partial charge in [-0.15, -0.1) is 11.6 Å². The molecule has 5 heteroatoms. The van der Waals surface area contributed by atoms with E-state index in [4.69, 9.17) is 11.6 Å².